The van der Waals surface area contributed by atoms with Crippen LogP contribution in [0.15, 0.2) is 58.1 Å². The van der Waals surface area contributed by atoms with Crippen LogP contribution < -0.4 is 9.47 Å². The van der Waals surface area contributed by atoms with Crippen LogP contribution in [0.3, 0.4) is 0 Å². The van der Waals surface area contributed by atoms with Gasteiger partial charge in [0.15, 0.2) is 17.3 Å². The Morgan fingerprint density at radius 1 is 1.11 bits per heavy atom. The van der Waals surface area contributed by atoms with Gasteiger partial charge in [0.25, 0.3) is 5.91 Å². The first-order valence-electron chi connectivity index (χ1n) is 12.2. The first-order chi connectivity index (χ1) is 17.5. The molecule has 0 bridgehead atoms. The lowest BCUT2D eigenvalue weighted by molar-refractivity contribution is -0.114. The fraction of sp³-hybridized carbons (Fsp3) is 0.333. The SMILES string of the molecule is CCOc1cc(/C=C2/C(=N)N3N=C(C4CCCCC4)SC3=NC2=O)ccc1OCc1ccc(F)cc1. The Morgan fingerprint density at radius 3 is 2.64 bits per heavy atom. The second-order valence-corrected chi connectivity index (χ2v) is 9.84. The normalized spacial score (nSPS) is 19.3. The summed E-state index contributed by atoms with van der Waals surface area (Å²) in [5, 5.41) is 16.2. The molecule has 5 rings (SSSR count). The number of hydrogen-bond donors (Lipinski definition) is 1. The van der Waals surface area contributed by atoms with E-state index < -0.39 is 5.91 Å². The van der Waals surface area contributed by atoms with Crippen LogP contribution in [0.4, 0.5) is 4.39 Å². The van der Waals surface area contributed by atoms with Gasteiger partial charge in [-0.05, 0) is 73.0 Å². The van der Waals surface area contributed by atoms with Crippen molar-refractivity contribution in [2.45, 2.75) is 45.6 Å². The Balaban J connectivity index is 1.35. The second-order valence-electron chi connectivity index (χ2n) is 8.85. The molecule has 0 spiro atoms. The van der Waals surface area contributed by atoms with E-state index in [0.717, 1.165) is 23.4 Å². The number of halogens is 1. The molecule has 0 aromatic heterocycles. The van der Waals surface area contributed by atoms with E-state index in [9.17, 15) is 9.18 Å². The van der Waals surface area contributed by atoms with Gasteiger partial charge in [0.1, 0.15) is 17.5 Å². The van der Waals surface area contributed by atoms with Gasteiger partial charge in [-0.2, -0.15) is 15.1 Å². The van der Waals surface area contributed by atoms with Crippen LogP contribution in [0.1, 0.15) is 50.2 Å². The molecule has 0 saturated heterocycles. The third kappa shape index (κ3) is 5.21. The van der Waals surface area contributed by atoms with Crippen molar-refractivity contribution in [1.82, 2.24) is 5.01 Å². The Kier molecular flexibility index (Phi) is 7.18. The van der Waals surface area contributed by atoms with E-state index in [1.807, 2.05) is 6.92 Å². The molecule has 1 N–H and O–H groups in total. The fourth-order valence-corrected chi connectivity index (χ4v) is 5.49. The van der Waals surface area contributed by atoms with Crippen molar-refractivity contribution in [2.75, 3.05) is 6.61 Å². The lowest BCUT2D eigenvalue weighted by atomic mass is 9.90. The molecule has 186 valence electrons. The van der Waals surface area contributed by atoms with Crippen molar-refractivity contribution in [3.63, 3.8) is 0 Å². The highest BCUT2D eigenvalue weighted by Crippen LogP contribution is 2.37. The number of rotatable bonds is 7. The first-order valence-corrected chi connectivity index (χ1v) is 13.0. The topological polar surface area (TPSA) is 87.3 Å². The highest BCUT2D eigenvalue weighted by atomic mass is 32.2. The van der Waals surface area contributed by atoms with Crippen LogP contribution >= 0.6 is 11.8 Å². The molecule has 7 nitrogen and oxygen atoms in total. The quantitative estimate of drug-likeness (QED) is 0.465. The summed E-state index contributed by atoms with van der Waals surface area (Å²) in [5.74, 6) is 0.706. The van der Waals surface area contributed by atoms with Crippen molar-refractivity contribution in [3.8, 4) is 11.5 Å². The molecule has 0 atom stereocenters. The maximum absolute atomic E-state index is 13.2. The van der Waals surface area contributed by atoms with E-state index in [2.05, 4.69) is 10.1 Å². The summed E-state index contributed by atoms with van der Waals surface area (Å²) < 4.78 is 24.8. The van der Waals surface area contributed by atoms with Crippen molar-refractivity contribution in [1.29, 1.82) is 5.41 Å². The van der Waals surface area contributed by atoms with Gasteiger partial charge in [-0.15, -0.1) is 0 Å². The molecule has 9 heteroatoms. The first kappa shape index (κ1) is 24.2. The van der Waals surface area contributed by atoms with Gasteiger partial charge < -0.3 is 9.47 Å². The van der Waals surface area contributed by atoms with Crippen molar-refractivity contribution < 1.29 is 18.7 Å². The highest BCUT2D eigenvalue weighted by molar-refractivity contribution is 8.27. The highest BCUT2D eigenvalue weighted by Gasteiger charge is 2.38. The molecule has 1 aliphatic carbocycles. The van der Waals surface area contributed by atoms with Gasteiger partial charge in [0, 0.05) is 5.92 Å². The number of thioether (sulfide) groups is 1. The number of fused-ring (bicyclic) bond motifs is 1. The summed E-state index contributed by atoms with van der Waals surface area (Å²) in [5.41, 5.74) is 1.69. The van der Waals surface area contributed by atoms with E-state index in [-0.39, 0.29) is 23.8 Å². The zero-order chi connectivity index (χ0) is 25.1. The number of aliphatic imine (C=N–C) groups is 1. The molecule has 2 aliphatic heterocycles. The van der Waals surface area contributed by atoms with Gasteiger partial charge in [0.2, 0.25) is 5.17 Å². The molecule has 3 aliphatic rings. The summed E-state index contributed by atoms with van der Waals surface area (Å²) in [6.45, 7) is 2.56. The monoisotopic (exact) mass is 506 g/mol. The summed E-state index contributed by atoms with van der Waals surface area (Å²) in [6.07, 6.45) is 7.43. The van der Waals surface area contributed by atoms with E-state index >= 15 is 0 Å². The van der Waals surface area contributed by atoms with Crippen LogP contribution in [0.25, 0.3) is 6.08 Å². The number of hydrazone groups is 1. The molecular weight excluding hydrogens is 479 g/mol. The molecule has 0 unspecified atom stereocenters. The number of nitrogens with one attached hydrogen (secondary N) is 1. The summed E-state index contributed by atoms with van der Waals surface area (Å²) in [7, 11) is 0. The van der Waals surface area contributed by atoms with Crippen LogP contribution in [-0.2, 0) is 11.4 Å². The third-order valence-corrected chi connectivity index (χ3v) is 7.38. The van der Waals surface area contributed by atoms with Crippen molar-refractivity contribution in [2.24, 2.45) is 16.0 Å². The van der Waals surface area contributed by atoms with Crippen LogP contribution in [-0.4, -0.2) is 33.6 Å². The van der Waals surface area contributed by atoms with E-state index in [4.69, 9.17) is 14.9 Å². The molecule has 1 saturated carbocycles. The minimum atomic E-state index is -0.451. The average Bonchev–Trinajstić information content (AvgIpc) is 3.32. The lowest BCUT2D eigenvalue weighted by Crippen LogP contribution is -2.35. The number of carbonyl (C=O) groups excluding carboxylic acids is 1. The molecular formula is C27H27FN4O3S. The maximum atomic E-state index is 13.2. The standard InChI is InChI=1S/C27H27FN4O3S/c1-2-34-23-15-18(10-13-22(23)35-16-17-8-11-20(28)12-9-17)14-21-24(29)32-27(30-25(21)33)36-26(31-32)19-6-4-3-5-7-19/h8-15,19,29H,2-7,16H2,1H3/b21-14-,29-24?. The van der Waals surface area contributed by atoms with Crippen LogP contribution in [0, 0.1) is 17.1 Å². The number of ether oxygens (including phenoxy) is 2. The number of hydrogen-bond acceptors (Lipinski definition) is 6. The second kappa shape index (κ2) is 10.7. The Labute approximate surface area is 213 Å². The predicted molar refractivity (Wildman–Crippen MR) is 140 cm³/mol. The molecule has 0 radical (unpaired) electrons. The Bertz CT molecular complexity index is 1270. The zero-order valence-corrected chi connectivity index (χ0v) is 20.8. The van der Waals surface area contributed by atoms with Gasteiger partial charge in [-0.1, -0.05) is 37.5 Å². The molecule has 1 amide bonds. The summed E-state index contributed by atoms with van der Waals surface area (Å²) >= 11 is 1.41. The number of carbonyl (C=O) groups is 1. The van der Waals surface area contributed by atoms with Gasteiger partial charge in [0.05, 0.1) is 12.2 Å². The number of amidine groups is 2. The molecule has 36 heavy (non-hydrogen) atoms. The largest absolute Gasteiger partial charge is 0.490 e. The smallest absolute Gasteiger partial charge is 0.283 e. The molecule has 2 aromatic rings. The number of benzene rings is 2. The van der Waals surface area contributed by atoms with E-state index in [1.54, 1.807) is 36.4 Å². The van der Waals surface area contributed by atoms with E-state index in [1.165, 1.54) is 48.2 Å². The van der Waals surface area contributed by atoms with Gasteiger partial charge in [-0.3, -0.25) is 10.2 Å². The number of amides is 1. The number of nitrogens with zero attached hydrogens (tertiary/aromatic N) is 3. The van der Waals surface area contributed by atoms with Gasteiger partial charge >= 0.3 is 0 Å². The molecule has 2 heterocycles. The Hall–Kier alpha value is -3.46. The van der Waals surface area contributed by atoms with Crippen molar-refractivity contribution >= 4 is 39.8 Å². The average molecular weight is 507 g/mol. The zero-order valence-electron chi connectivity index (χ0n) is 20.0. The summed E-state index contributed by atoms with van der Waals surface area (Å²) in [6, 6.07) is 11.4. The van der Waals surface area contributed by atoms with Crippen molar-refractivity contribution in [3.05, 3.63) is 65.0 Å². The Morgan fingerprint density at radius 2 is 1.89 bits per heavy atom. The molecule has 2 aromatic carbocycles. The third-order valence-electron chi connectivity index (χ3n) is 6.31. The van der Waals surface area contributed by atoms with Crippen LogP contribution in [0.5, 0.6) is 11.5 Å². The minimum absolute atomic E-state index is 0.0258. The van der Waals surface area contributed by atoms with Crippen LogP contribution in [0.2, 0.25) is 0 Å². The maximum Gasteiger partial charge on any atom is 0.283 e. The predicted octanol–water partition coefficient (Wildman–Crippen LogP) is 6.00. The summed E-state index contributed by atoms with van der Waals surface area (Å²) in [4.78, 5) is 17.0. The lowest BCUT2D eigenvalue weighted by Gasteiger charge is -2.20. The minimum Gasteiger partial charge on any atom is -0.490 e. The molecule has 1 fully saturated rings. The van der Waals surface area contributed by atoms with E-state index in [0.29, 0.717) is 34.8 Å². The van der Waals surface area contributed by atoms with Gasteiger partial charge in [-0.25, -0.2) is 4.39 Å². The fourth-order valence-electron chi connectivity index (χ4n) is 4.43.